The maximum absolute atomic E-state index is 12.4. The van der Waals surface area contributed by atoms with Gasteiger partial charge in [-0.1, -0.05) is 44.2 Å². The Balaban J connectivity index is 0.00000220. The Hall–Kier alpha value is -2.07. The van der Waals surface area contributed by atoms with Crippen LogP contribution in [0, 0.1) is 5.41 Å². The van der Waals surface area contributed by atoms with E-state index in [1.807, 2.05) is 44.2 Å². The summed E-state index contributed by atoms with van der Waals surface area (Å²) in [6, 6.07) is 13.4. The van der Waals surface area contributed by atoms with Crippen LogP contribution in [0.15, 0.2) is 48.7 Å². The Morgan fingerprint density at radius 2 is 1.86 bits per heavy atom. The predicted octanol–water partition coefficient (Wildman–Crippen LogP) is 3.29. The summed E-state index contributed by atoms with van der Waals surface area (Å²) >= 11 is 0. The fourth-order valence-electron chi connectivity index (χ4n) is 1.97. The van der Waals surface area contributed by atoms with Gasteiger partial charge in [-0.2, -0.15) is 0 Å². The Morgan fingerprint density at radius 1 is 1.19 bits per heavy atom. The third-order valence-corrected chi connectivity index (χ3v) is 3.15. The van der Waals surface area contributed by atoms with Crippen LogP contribution in [0.4, 0.5) is 11.5 Å². The minimum atomic E-state index is -0.497. The molecule has 4 nitrogen and oxygen atoms in total. The molecular formula is C16H20ClN3O. The Kier molecular flexibility index (Phi) is 5.73. The van der Waals surface area contributed by atoms with Gasteiger partial charge in [0.15, 0.2) is 0 Å². The van der Waals surface area contributed by atoms with E-state index in [9.17, 15) is 4.79 Å². The number of aromatic nitrogens is 1. The van der Waals surface area contributed by atoms with Crippen molar-refractivity contribution in [3.63, 3.8) is 0 Å². The molecule has 0 unspecified atom stereocenters. The van der Waals surface area contributed by atoms with E-state index in [-0.39, 0.29) is 18.3 Å². The van der Waals surface area contributed by atoms with Crippen molar-refractivity contribution < 1.29 is 4.79 Å². The second-order valence-electron chi connectivity index (χ2n) is 5.47. The first kappa shape index (κ1) is 17.0. The molecule has 1 aromatic heterocycles. The second kappa shape index (κ2) is 7.09. The van der Waals surface area contributed by atoms with Gasteiger partial charge in [-0.3, -0.25) is 4.79 Å². The number of amides is 1. The average Bonchev–Trinajstić information content (AvgIpc) is 2.42. The molecule has 0 saturated carbocycles. The number of carbonyl (C=O) groups is 1. The van der Waals surface area contributed by atoms with Crippen molar-refractivity contribution >= 4 is 29.8 Å². The summed E-state index contributed by atoms with van der Waals surface area (Å²) in [5.74, 6) is 0.402. The van der Waals surface area contributed by atoms with Crippen molar-refractivity contribution in [2.75, 3.05) is 11.1 Å². The highest BCUT2D eigenvalue weighted by Crippen LogP contribution is 2.24. The molecule has 0 aliphatic rings. The van der Waals surface area contributed by atoms with Gasteiger partial charge < -0.3 is 11.1 Å². The van der Waals surface area contributed by atoms with Crippen molar-refractivity contribution in [1.82, 2.24) is 4.98 Å². The van der Waals surface area contributed by atoms with Gasteiger partial charge in [0.1, 0.15) is 5.82 Å². The van der Waals surface area contributed by atoms with Crippen LogP contribution in [0.25, 0.3) is 0 Å². The summed E-state index contributed by atoms with van der Waals surface area (Å²) in [6.45, 7) is 3.86. The SMILES string of the molecule is CC(C)(Cc1ccccc1)C(=O)Nc1ccc(N)nc1.Cl. The maximum atomic E-state index is 12.4. The smallest absolute Gasteiger partial charge is 0.230 e. The van der Waals surface area contributed by atoms with Crippen LogP contribution in [0.3, 0.4) is 0 Å². The highest BCUT2D eigenvalue weighted by molar-refractivity contribution is 5.94. The molecule has 1 heterocycles. The van der Waals surface area contributed by atoms with E-state index >= 15 is 0 Å². The van der Waals surface area contributed by atoms with Crippen molar-refractivity contribution in [1.29, 1.82) is 0 Å². The average molecular weight is 306 g/mol. The fraction of sp³-hybridized carbons (Fsp3) is 0.250. The zero-order valence-corrected chi connectivity index (χ0v) is 13.0. The first-order valence-electron chi connectivity index (χ1n) is 6.54. The number of nitrogens with two attached hydrogens (primary N) is 1. The topological polar surface area (TPSA) is 68.0 Å². The van der Waals surface area contributed by atoms with E-state index < -0.39 is 5.41 Å². The highest BCUT2D eigenvalue weighted by Gasteiger charge is 2.27. The van der Waals surface area contributed by atoms with E-state index in [0.29, 0.717) is 17.9 Å². The molecule has 2 aromatic rings. The van der Waals surface area contributed by atoms with Gasteiger partial charge >= 0.3 is 0 Å². The van der Waals surface area contributed by atoms with Gasteiger partial charge in [0.2, 0.25) is 5.91 Å². The molecule has 0 aliphatic heterocycles. The van der Waals surface area contributed by atoms with Crippen LogP contribution in [0.5, 0.6) is 0 Å². The largest absolute Gasteiger partial charge is 0.384 e. The summed E-state index contributed by atoms with van der Waals surface area (Å²) in [5.41, 5.74) is 6.82. The molecule has 2 rings (SSSR count). The third-order valence-electron chi connectivity index (χ3n) is 3.15. The third kappa shape index (κ3) is 4.76. The number of carbonyl (C=O) groups excluding carboxylic acids is 1. The van der Waals surface area contributed by atoms with E-state index in [2.05, 4.69) is 10.3 Å². The molecule has 0 radical (unpaired) electrons. The van der Waals surface area contributed by atoms with Crippen LogP contribution < -0.4 is 11.1 Å². The molecular weight excluding hydrogens is 286 g/mol. The van der Waals surface area contributed by atoms with E-state index in [0.717, 1.165) is 5.56 Å². The van der Waals surface area contributed by atoms with Gasteiger partial charge in [-0.25, -0.2) is 4.98 Å². The molecule has 21 heavy (non-hydrogen) atoms. The minimum Gasteiger partial charge on any atom is -0.384 e. The van der Waals surface area contributed by atoms with Gasteiger partial charge in [0.05, 0.1) is 11.9 Å². The van der Waals surface area contributed by atoms with Gasteiger partial charge in [-0.15, -0.1) is 12.4 Å². The number of hydrogen-bond acceptors (Lipinski definition) is 3. The number of halogens is 1. The number of benzene rings is 1. The van der Waals surface area contributed by atoms with Crippen LogP contribution in [-0.2, 0) is 11.2 Å². The normalized spacial score (nSPS) is 10.6. The zero-order valence-electron chi connectivity index (χ0n) is 12.2. The van der Waals surface area contributed by atoms with E-state index in [4.69, 9.17) is 5.73 Å². The van der Waals surface area contributed by atoms with Gasteiger partial charge in [-0.05, 0) is 24.1 Å². The van der Waals surface area contributed by atoms with Crippen molar-refractivity contribution in [3.05, 3.63) is 54.2 Å². The minimum absolute atomic E-state index is 0. The number of hydrogen-bond donors (Lipinski definition) is 2. The molecule has 1 aromatic carbocycles. The highest BCUT2D eigenvalue weighted by atomic mass is 35.5. The molecule has 112 valence electrons. The number of pyridine rings is 1. The van der Waals surface area contributed by atoms with Crippen LogP contribution in [0.2, 0.25) is 0 Å². The fourth-order valence-corrected chi connectivity index (χ4v) is 1.97. The lowest BCUT2D eigenvalue weighted by atomic mass is 9.85. The summed E-state index contributed by atoms with van der Waals surface area (Å²) in [4.78, 5) is 16.3. The molecule has 0 bridgehead atoms. The molecule has 0 saturated heterocycles. The molecule has 3 N–H and O–H groups in total. The lowest BCUT2D eigenvalue weighted by Gasteiger charge is -2.23. The first-order chi connectivity index (χ1) is 9.47. The lowest BCUT2D eigenvalue weighted by Crippen LogP contribution is -2.32. The molecule has 0 atom stereocenters. The lowest BCUT2D eigenvalue weighted by molar-refractivity contribution is -0.123. The first-order valence-corrected chi connectivity index (χ1v) is 6.54. The summed E-state index contributed by atoms with van der Waals surface area (Å²) in [5, 5.41) is 2.87. The monoisotopic (exact) mass is 305 g/mol. The number of rotatable bonds is 4. The van der Waals surface area contributed by atoms with Gasteiger partial charge in [0, 0.05) is 5.41 Å². The molecule has 0 spiro atoms. The standard InChI is InChI=1S/C16H19N3O.ClH/c1-16(2,10-12-6-4-3-5-7-12)15(20)19-13-8-9-14(17)18-11-13;/h3-9,11H,10H2,1-2H3,(H2,17,18)(H,19,20);1H. The summed E-state index contributed by atoms with van der Waals surface area (Å²) < 4.78 is 0. The number of anilines is 2. The number of nitrogen functional groups attached to an aromatic ring is 1. The Morgan fingerprint density at radius 3 is 2.43 bits per heavy atom. The van der Waals surface area contributed by atoms with Crippen molar-refractivity contribution in [3.8, 4) is 0 Å². The van der Waals surface area contributed by atoms with Gasteiger partial charge in [0.25, 0.3) is 0 Å². The van der Waals surface area contributed by atoms with Crippen LogP contribution >= 0.6 is 12.4 Å². The Labute approximate surface area is 131 Å². The van der Waals surface area contributed by atoms with E-state index in [1.165, 1.54) is 0 Å². The second-order valence-corrected chi connectivity index (χ2v) is 5.47. The molecule has 0 aliphatic carbocycles. The number of nitrogens with one attached hydrogen (secondary N) is 1. The molecule has 0 fully saturated rings. The maximum Gasteiger partial charge on any atom is 0.230 e. The molecule has 5 heteroatoms. The quantitative estimate of drug-likeness (QED) is 0.910. The number of nitrogens with zero attached hydrogens (tertiary/aromatic N) is 1. The van der Waals surface area contributed by atoms with Crippen LogP contribution in [0.1, 0.15) is 19.4 Å². The van der Waals surface area contributed by atoms with Crippen molar-refractivity contribution in [2.45, 2.75) is 20.3 Å². The molecule has 1 amide bonds. The zero-order chi connectivity index (χ0) is 14.6. The predicted molar refractivity (Wildman–Crippen MR) is 88.5 cm³/mol. The Bertz CT molecular complexity index is 582. The van der Waals surface area contributed by atoms with Crippen molar-refractivity contribution in [2.24, 2.45) is 5.41 Å². The van der Waals surface area contributed by atoms with E-state index in [1.54, 1.807) is 18.3 Å². The van der Waals surface area contributed by atoms with Crippen LogP contribution in [-0.4, -0.2) is 10.9 Å². The summed E-state index contributed by atoms with van der Waals surface area (Å²) in [7, 11) is 0. The summed E-state index contributed by atoms with van der Waals surface area (Å²) in [6.07, 6.45) is 2.24.